The minimum atomic E-state index is -0.706. The van der Waals surface area contributed by atoms with E-state index in [1.807, 2.05) is 26.0 Å². The molecule has 166 valence electrons. The van der Waals surface area contributed by atoms with E-state index in [-0.39, 0.29) is 30.8 Å². The Kier molecular flexibility index (Phi) is 7.33. The average Bonchev–Trinajstić information content (AvgIpc) is 3.20. The number of aromatic nitrogens is 1. The molecule has 1 N–H and O–H groups in total. The number of piperazine rings is 1. The first-order valence-electron chi connectivity index (χ1n) is 9.88. The molecule has 2 aromatic rings. The highest BCUT2D eigenvalue weighted by molar-refractivity contribution is 8.01. The summed E-state index contributed by atoms with van der Waals surface area (Å²) in [6, 6.07) is 5.23. The van der Waals surface area contributed by atoms with Gasteiger partial charge in [-0.25, -0.2) is 4.98 Å². The molecule has 0 radical (unpaired) electrons. The molecule has 0 unspecified atom stereocenters. The number of aryl methyl sites for hydroxylation is 2. The molecule has 1 aromatic carbocycles. The third kappa shape index (κ3) is 5.18. The van der Waals surface area contributed by atoms with Gasteiger partial charge in [-0.05, 0) is 37.1 Å². The molecule has 3 rings (SSSR count). The van der Waals surface area contributed by atoms with Crippen LogP contribution >= 0.6 is 23.1 Å². The molecular weight excluding hydrogens is 446 g/mol. The number of nitrogens with one attached hydrogen (secondary N) is 1. The molecule has 0 aliphatic carbocycles. The SMILES string of the molecule is C=CC(=O)N1CCN(C(=O)c2cc(Sc3cnc(NC(C)=O)s3)c(C)cc2C)C[C@H]1C#N. The first-order valence-corrected chi connectivity index (χ1v) is 11.5. The van der Waals surface area contributed by atoms with Crippen molar-refractivity contribution in [1.29, 1.82) is 5.26 Å². The van der Waals surface area contributed by atoms with E-state index in [4.69, 9.17) is 0 Å². The number of rotatable bonds is 5. The second kappa shape index (κ2) is 9.97. The zero-order valence-corrected chi connectivity index (χ0v) is 19.7. The Morgan fingerprint density at radius 1 is 1.31 bits per heavy atom. The lowest BCUT2D eigenvalue weighted by Gasteiger charge is -2.38. The largest absolute Gasteiger partial charge is 0.334 e. The fourth-order valence-corrected chi connectivity index (χ4v) is 5.41. The van der Waals surface area contributed by atoms with E-state index in [1.165, 1.54) is 41.0 Å². The zero-order valence-electron chi connectivity index (χ0n) is 18.0. The van der Waals surface area contributed by atoms with Crippen LogP contribution in [-0.2, 0) is 9.59 Å². The molecule has 8 nitrogen and oxygen atoms in total. The second-order valence-electron chi connectivity index (χ2n) is 7.33. The number of nitriles is 1. The normalized spacial score (nSPS) is 15.8. The van der Waals surface area contributed by atoms with Gasteiger partial charge in [0.1, 0.15) is 6.04 Å². The van der Waals surface area contributed by atoms with Crippen molar-refractivity contribution in [1.82, 2.24) is 14.8 Å². The van der Waals surface area contributed by atoms with Gasteiger partial charge in [-0.3, -0.25) is 14.4 Å². The number of nitrogens with zero attached hydrogens (tertiary/aromatic N) is 4. The highest BCUT2D eigenvalue weighted by Gasteiger charge is 2.32. The molecule has 0 bridgehead atoms. The second-order valence-corrected chi connectivity index (χ2v) is 9.70. The summed E-state index contributed by atoms with van der Waals surface area (Å²) in [5.74, 6) is -0.656. The van der Waals surface area contributed by atoms with Crippen LogP contribution in [0.25, 0.3) is 0 Å². The van der Waals surface area contributed by atoms with Gasteiger partial charge in [0.2, 0.25) is 11.8 Å². The fourth-order valence-electron chi connectivity index (χ4n) is 3.43. The molecule has 1 aliphatic rings. The number of hydrogen-bond acceptors (Lipinski definition) is 7. The van der Waals surface area contributed by atoms with E-state index in [0.717, 1.165) is 20.2 Å². The summed E-state index contributed by atoms with van der Waals surface area (Å²) in [7, 11) is 0. The van der Waals surface area contributed by atoms with Crippen LogP contribution in [0, 0.1) is 25.2 Å². The summed E-state index contributed by atoms with van der Waals surface area (Å²) < 4.78 is 0.889. The average molecular weight is 470 g/mol. The van der Waals surface area contributed by atoms with Crippen LogP contribution in [0.4, 0.5) is 5.13 Å². The standard InChI is InChI=1S/C22H23N5O3S2/c1-5-19(29)27-7-6-26(12-16(27)10-23)21(30)17-9-18(14(3)8-13(17)2)31-20-11-24-22(32-20)25-15(4)28/h5,8-9,11,16H,1,6-7,12H2,2-4H3,(H,24,25,28)/t16-/m1/s1. The van der Waals surface area contributed by atoms with Gasteiger partial charge >= 0.3 is 0 Å². The molecule has 1 atom stereocenters. The molecule has 3 amide bonds. The Labute approximate surface area is 194 Å². The van der Waals surface area contributed by atoms with E-state index in [0.29, 0.717) is 17.2 Å². The van der Waals surface area contributed by atoms with Crippen molar-refractivity contribution in [2.45, 2.75) is 35.9 Å². The van der Waals surface area contributed by atoms with Crippen molar-refractivity contribution in [3.05, 3.63) is 47.7 Å². The summed E-state index contributed by atoms with van der Waals surface area (Å²) in [5.41, 5.74) is 2.43. The number of amides is 3. The van der Waals surface area contributed by atoms with Gasteiger partial charge in [0, 0.05) is 30.5 Å². The molecule has 32 heavy (non-hydrogen) atoms. The molecule has 1 fully saturated rings. The van der Waals surface area contributed by atoms with Crippen molar-refractivity contribution in [3.63, 3.8) is 0 Å². The van der Waals surface area contributed by atoms with Gasteiger partial charge in [0.15, 0.2) is 5.13 Å². The Morgan fingerprint density at radius 2 is 2.06 bits per heavy atom. The number of hydrogen-bond donors (Lipinski definition) is 1. The van der Waals surface area contributed by atoms with Crippen molar-refractivity contribution in [2.75, 3.05) is 25.0 Å². The fraction of sp³-hybridized carbons (Fsp3) is 0.318. The summed E-state index contributed by atoms with van der Waals surface area (Å²) in [6.07, 6.45) is 2.88. The minimum Gasteiger partial charge on any atom is -0.334 e. The van der Waals surface area contributed by atoms with E-state index in [2.05, 4.69) is 22.9 Å². The summed E-state index contributed by atoms with van der Waals surface area (Å²) in [5, 5.41) is 12.7. The Hall–Kier alpha value is -3.16. The monoisotopic (exact) mass is 469 g/mol. The van der Waals surface area contributed by atoms with Crippen molar-refractivity contribution in [3.8, 4) is 6.07 Å². The van der Waals surface area contributed by atoms with Crippen LogP contribution in [0.15, 0.2) is 40.1 Å². The number of carbonyl (C=O) groups is 3. The van der Waals surface area contributed by atoms with Crippen LogP contribution in [0.3, 0.4) is 0 Å². The lowest BCUT2D eigenvalue weighted by atomic mass is 10.0. The first kappa shape index (κ1) is 23.5. The van der Waals surface area contributed by atoms with Gasteiger partial charge in [-0.15, -0.1) is 0 Å². The molecular formula is C22H23N5O3S2. The van der Waals surface area contributed by atoms with Gasteiger partial charge in [-0.1, -0.05) is 35.7 Å². The number of thiazole rings is 1. The summed E-state index contributed by atoms with van der Waals surface area (Å²) >= 11 is 2.84. The van der Waals surface area contributed by atoms with Crippen LogP contribution in [0.2, 0.25) is 0 Å². The maximum Gasteiger partial charge on any atom is 0.254 e. The van der Waals surface area contributed by atoms with Crippen molar-refractivity contribution < 1.29 is 14.4 Å². The van der Waals surface area contributed by atoms with Crippen LogP contribution in [-0.4, -0.2) is 58.2 Å². The first-order chi connectivity index (χ1) is 15.2. The van der Waals surface area contributed by atoms with Gasteiger partial charge in [0.05, 0.1) is 23.0 Å². The summed E-state index contributed by atoms with van der Waals surface area (Å²) in [6.45, 7) is 9.56. The third-order valence-electron chi connectivity index (χ3n) is 5.00. The zero-order chi connectivity index (χ0) is 23.4. The lowest BCUT2D eigenvalue weighted by molar-refractivity contribution is -0.129. The molecule has 1 aromatic heterocycles. The maximum atomic E-state index is 13.3. The Morgan fingerprint density at radius 3 is 2.72 bits per heavy atom. The van der Waals surface area contributed by atoms with E-state index < -0.39 is 6.04 Å². The number of carbonyl (C=O) groups excluding carboxylic acids is 3. The topological polar surface area (TPSA) is 106 Å². The van der Waals surface area contributed by atoms with E-state index >= 15 is 0 Å². The predicted octanol–water partition coefficient (Wildman–Crippen LogP) is 3.23. The van der Waals surface area contributed by atoms with Crippen molar-refractivity contribution in [2.24, 2.45) is 0 Å². The molecule has 10 heteroatoms. The highest BCUT2D eigenvalue weighted by atomic mass is 32.2. The molecule has 1 saturated heterocycles. The van der Waals surface area contributed by atoms with E-state index in [9.17, 15) is 19.6 Å². The van der Waals surface area contributed by atoms with Crippen molar-refractivity contribution >= 4 is 46.0 Å². The Balaban J connectivity index is 1.81. The van der Waals surface area contributed by atoms with Gasteiger partial charge in [0.25, 0.3) is 5.91 Å². The quantitative estimate of drug-likeness (QED) is 0.674. The van der Waals surface area contributed by atoms with Crippen LogP contribution in [0.5, 0.6) is 0 Å². The maximum absolute atomic E-state index is 13.3. The van der Waals surface area contributed by atoms with Gasteiger partial charge < -0.3 is 15.1 Å². The molecule has 2 heterocycles. The summed E-state index contributed by atoms with van der Waals surface area (Å²) in [4.78, 5) is 44.7. The van der Waals surface area contributed by atoms with E-state index in [1.54, 1.807) is 11.1 Å². The molecule has 0 spiro atoms. The van der Waals surface area contributed by atoms with Crippen LogP contribution < -0.4 is 5.32 Å². The minimum absolute atomic E-state index is 0.152. The smallest absolute Gasteiger partial charge is 0.254 e. The van der Waals surface area contributed by atoms with Gasteiger partial charge in [-0.2, -0.15) is 5.26 Å². The third-order valence-corrected chi connectivity index (χ3v) is 7.18. The molecule has 0 saturated carbocycles. The number of benzene rings is 1. The molecule has 1 aliphatic heterocycles. The Bertz CT molecular complexity index is 1120. The van der Waals surface area contributed by atoms with Crippen LogP contribution in [0.1, 0.15) is 28.4 Å². The number of anilines is 1. The predicted molar refractivity (Wildman–Crippen MR) is 124 cm³/mol. The highest BCUT2D eigenvalue weighted by Crippen LogP contribution is 2.37. The lowest BCUT2D eigenvalue weighted by Crippen LogP contribution is -2.55.